The van der Waals surface area contributed by atoms with E-state index in [0.29, 0.717) is 19.7 Å². The first-order chi connectivity index (χ1) is 10.6. The van der Waals surface area contributed by atoms with Crippen molar-refractivity contribution < 1.29 is 23.3 Å². The molecule has 1 fully saturated rings. The fraction of sp³-hybridized carbons (Fsp3) is 0.333. The summed E-state index contributed by atoms with van der Waals surface area (Å²) in [6.45, 7) is 1.41. The van der Waals surface area contributed by atoms with Gasteiger partial charge < -0.3 is 14.2 Å². The predicted molar refractivity (Wildman–Crippen MR) is 80.6 cm³/mol. The van der Waals surface area contributed by atoms with Crippen molar-refractivity contribution in [3.8, 4) is 0 Å². The van der Waals surface area contributed by atoms with E-state index in [1.54, 1.807) is 24.2 Å². The second-order valence-electron chi connectivity index (χ2n) is 5.06. The minimum Gasteiger partial charge on any atom is -0.406 e. The summed E-state index contributed by atoms with van der Waals surface area (Å²) < 4.78 is 23.9. The molecule has 0 N–H and O–H groups in total. The van der Waals surface area contributed by atoms with Crippen LogP contribution >= 0.6 is 0 Å². The first kappa shape index (κ1) is 16.5. The van der Waals surface area contributed by atoms with E-state index in [2.05, 4.69) is 0 Å². The van der Waals surface area contributed by atoms with E-state index in [1.807, 2.05) is 11.9 Å². The van der Waals surface area contributed by atoms with E-state index in [1.165, 1.54) is 12.1 Å². The number of Topliss-reactive ketones (excluding diaryl/α,β-unsaturated/α-hetero) is 1. The molecular weight excluding hydrogens is 288 g/mol. The lowest BCUT2D eigenvalue weighted by atomic mass is 9.87. The Labute approximate surface area is 128 Å². The number of ketones is 1. The molecule has 0 saturated carbocycles. The molecule has 22 heavy (non-hydrogen) atoms. The number of rotatable bonds is 4. The van der Waals surface area contributed by atoms with E-state index >= 15 is 0 Å². The summed E-state index contributed by atoms with van der Waals surface area (Å²) in [4.78, 5) is 24.1. The van der Waals surface area contributed by atoms with Crippen molar-refractivity contribution >= 4 is 25.3 Å². The maximum absolute atomic E-state index is 12.8. The van der Waals surface area contributed by atoms with Crippen LogP contribution in [0.1, 0.15) is 5.56 Å². The summed E-state index contributed by atoms with van der Waals surface area (Å²) in [5, 5.41) is 0. The van der Waals surface area contributed by atoms with Crippen molar-refractivity contribution in [3.05, 3.63) is 41.6 Å². The van der Waals surface area contributed by atoms with Crippen LogP contribution in [0, 0.1) is 5.82 Å². The van der Waals surface area contributed by atoms with Gasteiger partial charge in [-0.1, -0.05) is 24.2 Å². The quantitative estimate of drug-likeness (QED) is 0.471. The summed E-state index contributed by atoms with van der Waals surface area (Å²) in [5.74, 6) is 0.719. The predicted octanol–water partition coefficient (Wildman–Crippen LogP) is 0.981. The van der Waals surface area contributed by atoms with Gasteiger partial charge in [0.1, 0.15) is 11.9 Å². The summed E-state index contributed by atoms with van der Waals surface area (Å²) in [7, 11) is 1.10. The highest BCUT2D eigenvalue weighted by Gasteiger charge is 2.29. The monoisotopic (exact) mass is 305 g/mol. The Morgan fingerprint density at radius 1 is 1.41 bits per heavy atom. The maximum atomic E-state index is 12.8. The summed E-state index contributed by atoms with van der Waals surface area (Å²) in [5.41, 5.74) is 0.783. The zero-order valence-corrected chi connectivity index (χ0v) is 12.3. The molecule has 5 nitrogen and oxygen atoms in total. The number of hydrogen-bond donors (Lipinski definition) is 0. The van der Waals surface area contributed by atoms with Gasteiger partial charge in [0, 0.05) is 19.7 Å². The van der Waals surface area contributed by atoms with Crippen LogP contribution < -0.4 is 0 Å². The lowest BCUT2D eigenvalue weighted by Gasteiger charge is -2.27. The smallest absolute Gasteiger partial charge is 0.406 e. The Morgan fingerprint density at radius 3 is 2.82 bits per heavy atom. The average Bonchev–Trinajstić information content (AvgIpc) is 2.50. The number of likely N-dealkylation sites (N-methyl/N-ethyl adjacent to an activating group) is 1. The number of carbonyl (C=O) groups excluding carboxylic acids is 2. The molecule has 1 aliphatic rings. The normalized spacial score (nSPS) is 20.6. The van der Waals surface area contributed by atoms with E-state index in [9.17, 15) is 14.0 Å². The third kappa shape index (κ3) is 4.87. The number of aldehydes is 1. The zero-order chi connectivity index (χ0) is 15.9. The number of hydrogen-bond acceptors (Lipinski definition) is 5. The largest absolute Gasteiger partial charge is 0.486 e. The van der Waals surface area contributed by atoms with Crippen LogP contribution in [0.4, 0.5) is 4.39 Å². The van der Waals surface area contributed by atoms with Crippen molar-refractivity contribution in [2.24, 2.45) is 0 Å². The molecule has 0 amide bonds. The van der Waals surface area contributed by atoms with Crippen LogP contribution in [0.2, 0.25) is 0 Å². The fourth-order valence-corrected chi connectivity index (χ4v) is 2.04. The second-order valence-corrected chi connectivity index (χ2v) is 5.06. The minimum atomic E-state index is -0.856. The minimum absolute atomic E-state index is 0.265. The third-order valence-corrected chi connectivity index (χ3v) is 3.28. The van der Waals surface area contributed by atoms with Crippen LogP contribution in [-0.2, 0) is 18.9 Å². The Kier molecular flexibility index (Phi) is 6.00. The third-order valence-electron chi connectivity index (χ3n) is 3.28. The Bertz CT molecular complexity index is 549. The van der Waals surface area contributed by atoms with E-state index < -0.39 is 19.0 Å². The van der Waals surface area contributed by atoms with Crippen LogP contribution in [0.5, 0.6) is 0 Å². The lowest BCUT2D eigenvalue weighted by molar-refractivity contribution is -0.136. The molecule has 116 valence electrons. The molecule has 0 bridgehead atoms. The Hall–Kier alpha value is -1.83. The maximum Gasteiger partial charge on any atom is 0.486 e. The van der Waals surface area contributed by atoms with Crippen molar-refractivity contribution in [1.29, 1.82) is 0 Å². The number of nitrogens with zero attached hydrogens (tertiary/aromatic N) is 1. The fourth-order valence-electron chi connectivity index (χ4n) is 2.04. The van der Waals surface area contributed by atoms with Gasteiger partial charge in [-0.05, 0) is 24.7 Å². The van der Waals surface area contributed by atoms with Gasteiger partial charge in [-0.25, -0.2) is 4.39 Å². The molecule has 1 unspecified atom stereocenters. The Morgan fingerprint density at radius 2 is 2.14 bits per heavy atom. The van der Waals surface area contributed by atoms with Gasteiger partial charge in [-0.2, -0.15) is 0 Å². The van der Waals surface area contributed by atoms with E-state index in [0.717, 1.165) is 5.56 Å². The first-order valence-corrected chi connectivity index (χ1v) is 6.97. The van der Waals surface area contributed by atoms with Crippen LogP contribution in [0.3, 0.4) is 0 Å². The van der Waals surface area contributed by atoms with Crippen LogP contribution in [-0.4, -0.2) is 56.9 Å². The van der Waals surface area contributed by atoms with Gasteiger partial charge >= 0.3 is 7.12 Å². The molecule has 0 aliphatic carbocycles. The van der Waals surface area contributed by atoms with Crippen molar-refractivity contribution in [2.75, 3.05) is 26.7 Å². The molecular formula is C15H17BFNO4. The molecule has 1 aromatic carbocycles. The highest BCUT2D eigenvalue weighted by molar-refractivity contribution is 6.52. The van der Waals surface area contributed by atoms with E-state index in [4.69, 9.17) is 9.31 Å². The molecule has 1 aliphatic heterocycles. The van der Waals surface area contributed by atoms with Gasteiger partial charge in [0.25, 0.3) is 0 Å². The molecule has 1 atom stereocenters. The molecule has 1 heterocycles. The molecule has 0 radical (unpaired) electrons. The topological polar surface area (TPSA) is 55.8 Å². The van der Waals surface area contributed by atoms with Gasteiger partial charge in [0.05, 0.1) is 0 Å². The van der Waals surface area contributed by atoms with Crippen molar-refractivity contribution in [3.63, 3.8) is 0 Å². The summed E-state index contributed by atoms with van der Waals surface area (Å²) in [6.07, 6.45) is 1.13. The standard InChI is InChI=1S/C15H17BFNO4/c1-18-8-9-21-16(22-15(10-18)14(20)11-19)7-6-12-2-4-13(17)5-3-12/h2-7,11,15H,8-10H2,1H3. The van der Waals surface area contributed by atoms with E-state index in [-0.39, 0.29) is 12.1 Å². The summed E-state index contributed by atoms with van der Waals surface area (Å²) in [6, 6.07) is 5.95. The molecule has 1 aromatic rings. The molecule has 7 heteroatoms. The highest BCUT2D eigenvalue weighted by atomic mass is 19.1. The highest BCUT2D eigenvalue weighted by Crippen LogP contribution is 2.09. The average molecular weight is 305 g/mol. The van der Waals surface area contributed by atoms with Gasteiger partial charge in [0.15, 0.2) is 6.29 Å². The lowest BCUT2D eigenvalue weighted by Crippen LogP contribution is -2.45. The van der Waals surface area contributed by atoms with Gasteiger partial charge in [-0.3, -0.25) is 9.59 Å². The summed E-state index contributed by atoms with van der Waals surface area (Å²) >= 11 is 0. The first-order valence-electron chi connectivity index (χ1n) is 6.97. The van der Waals surface area contributed by atoms with Gasteiger partial charge in [-0.15, -0.1) is 0 Å². The van der Waals surface area contributed by atoms with Crippen LogP contribution in [0.25, 0.3) is 6.08 Å². The molecule has 2 rings (SSSR count). The molecule has 1 saturated heterocycles. The number of carbonyl (C=O) groups is 2. The SMILES string of the molecule is CN1CCOB(C=Cc2ccc(F)cc2)OC(C(=O)C=O)C1. The second kappa shape index (κ2) is 7.98. The number of halogens is 1. The van der Waals surface area contributed by atoms with Crippen LogP contribution in [0.15, 0.2) is 30.2 Å². The Balaban J connectivity index is 2.05. The zero-order valence-electron chi connectivity index (χ0n) is 12.3. The van der Waals surface area contributed by atoms with Crippen molar-refractivity contribution in [1.82, 2.24) is 4.90 Å². The van der Waals surface area contributed by atoms with Gasteiger partial charge in [0.2, 0.25) is 5.78 Å². The number of benzene rings is 1. The molecule has 0 spiro atoms. The molecule has 0 aromatic heterocycles. The van der Waals surface area contributed by atoms with Crippen molar-refractivity contribution in [2.45, 2.75) is 6.10 Å².